The quantitative estimate of drug-likeness (QED) is 0.650. The third-order valence-corrected chi connectivity index (χ3v) is 2.35. The number of nitrogens with zero attached hydrogens (tertiary/aromatic N) is 2. The summed E-state index contributed by atoms with van der Waals surface area (Å²) in [6.45, 7) is 4.94. The molecular weight excluding hydrogens is 218 g/mol. The highest BCUT2D eigenvalue weighted by molar-refractivity contribution is 5.05. The van der Waals surface area contributed by atoms with Gasteiger partial charge in [0.25, 0.3) is 0 Å². The van der Waals surface area contributed by atoms with Gasteiger partial charge in [0.2, 0.25) is 0 Å². The summed E-state index contributed by atoms with van der Waals surface area (Å²) >= 11 is 0. The molecule has 0 aliphatic rings. The van der Waals surface area contributed by atoms with Crippen molar-refractivity contribution < 1.29 is 9.47 Å². The lowest BCUT2D eigenvalue weighted by molar-refractivity contribution is 0.0677. The van der Waals surface area contributed by atoms with Crippen molar-refractivity contribution in [1.29, 1.82) is 0 Å². The van der Waals surface area contributed by atoms with Gasteiger partial charge in [-0.2, -0.15) is 5.10 Å². The molecule has 1 atom stereocenters. The molecule has 0 aliphatic carbocycles. The summed E-state index contributed by atoms with van der Waals surface area (Å²) in [5.74, 6) is 0. The third kappa shape index (κ3) is 6.41. The van der Waals surface area contributed by atoms with E-state index < -0.39 is 0 Å². The Morgan fingerprint density at radius 2 is 2.24 bits per heavy atom. The molecule has 0 saturated heterocycles. The summed E-state index contributed by atoms with van der Waals surface area (Å²) in [4.78, 5) is 0. The van der Waals surface area contributed by atoms with Gasteiger partial charge < -0.3 is 15.2 Å². The van der Waals surface area contributed by atoms with Crippen molar-refractivity contribution in [2.45, 2.75) is 32.4 Å². The smallest absolute Gasteiger partial charge is 0.0700 e. The van der Waals surface area contributed by atoms with Crippen LogP contribution in [0.4, 0.5) is 0 Å². The summed E-state index contributed by atoms with van der Waals surface area (Å²) < 4.78 is 12.2. The molecule has 2 N–H and O–H groups in total. The van der Waals surface area contributed by atoms with Crippen LogP contribution in [0.3, 0.4) is 0 Å². The maximum absolute atomic E-state index is 5.73. The second-order valence-corrected chi connectivity index (χ2v) is 4.25. The van der Waals surface area contributed by atoms with Crippen molar-refractivity contribution in [3.8, 4) is 0 Å². The van der Waals surface area contributed by atoms with Crippen LogP contribution in [0.25, 0.3) is 0 Å². The minimum atomic E-state index is 0.185. The summed E-state index contributed by atoms with van der Waals surface area (Å²) in [5, 5.41) is 4.28. The molecule has 1 rings (SSSR count). The Kier molecular flexibility index (Phi) is 6.84. The van der Waals surface area contributed by atoms with E-state index >= 15 is 0 Å². The number of rotatable bonds is 9. The van der Waals surface area contributed by atoms with E-state index in [1.54, 1.807) is 7.11 Å². The van der Waals surface area contributed by atoms with Gasteiger partial charge >= 0.3 is 0 Å². The average molecular weight is 241 g/mol. The summed E-state index contributed by atoms with van der Waals surface area (Å²) in [6.07, 6.45) is 5.78. The molecule has 0 bridgehead atoms. The number of ether oxygens (including phenoxy) is 2. The number of nitrogens with two attached hydrogens (primary N) is 1. The fourth-order valence-electron chi connectivity index (χ4n) is 1.58. The Labute approximate surface area is 103 Å². The normalized spacial score (nSPS) is 12.9. The second-order valence-electron chi connectivity index (χ2n) is 4.25. The van der Waals surface area contributed by atoms with Crippen LogP contribution in [-0.2, 0) is 22.4 Å². The highest BCUT2D eigenvalue weighted by Crippen LogP contribution is 2.01. The third-order valence-electron chi connectivity index (χ3n) is 2.35. The van der Waals surface area contributed by atoms with Gasteiger partial charge in [0.15, 0.2) is 0 Å². The van der Waals surface area contributed by atoms with E-state index in [-0.39, 0.29) is 6.04 Å². The van der Waals surface area contributed by atoms with E-state index in [0.717, 1.165) is 26.0 Å². The zero-order chi connectivity index (χ0) is 12.5. The SMILES string of the molecule is COCCOCCCn1cc(CC(C)N)cn1. The van der Waals surface area contributed by atoms with E-state index in [2.05, 4.69) is 11.3 Å². The molecule has 1 aromatic heterocycles. The molecule has 0 saturated carbocycles. The molecule has 17 heavy (non-hydrogen) atoms. The van der Waals surface area contributed by atoms with Crippen LogP contribution in [-0.4, -0.2) is 42.8 Å². The van der Waals surface area contributed by atoms with E-state index in [0.29, 0.717) is 13.2 Å². The van der Waals surface area contributed by atoms with Crippen molar-refractivity contribution in [2.75, 3.05) is 26.9 Å². The molecule has 98 valence electrons. The van der Waals surface area contributed by atoms with Gasteiger partial charge in [-0.15, -0.1) is 0 Å². The maximum atomic E-state index is 5.73. The van der Waals surface area contributed by atoms with Crippen LogP contribution in [0.1, 0.15) is 18.9 Å². The molecule has 1 unspecified atom stereocenters. The highest BCUT2D eigenvalue weighted by atomic mass is 16.5. The number of methoxy groups -OCH3 is 1. The fraction of sp³-hybridized carbons (Fsp3) is 0.750. The van der Waals surface area contributed by atoms with Crippen molar-refractivity contribution >= 4 is 0 Å². The average Bonchev–Trinajstić information content (AvgIpc) is 2.70. The van der Waals surface area contributed by atoms with Crippen molar-refractivity contribution in [3.05, 3.63) is 18.0 Å². The van der Waals surface area contributed by atoms with Crippen LogP contribution in [0.15, 0.2) is 12.4 Å². The van der Waals surface area contributed by atoms with E-state index in [1.165, 1.54) is 5.56 Å². The molecule has 0 spiro atoms. The van der Waals surface area contributed by atoms with Crippen LogP contribution in [0.2, 0.25) is 0 Å². The molecule has 0 amide bonds. The molecule has 0 aliphatic heterocycles. The first-order chi connectivity index (χ1) is 8.22. The van der Waals surface area contributed by atoms with Crippen molar-refractivity contribution in [1.82, 2.24) is 9.78 Å². The lowest BCUT2D eigenvalue weighted by Crippen LogP contribution is -2.17. The Bertz CT molecular complexity index is 300. The fourth-order valence-corrected chi connectivity index (χ4v) is 1.58. The molecule has 5 nitrogen and oxygen atoms in total. The van der Waals surface area contributed by atoms with Gasteiger partial charge in [0.05, 0.1) is 19.4 Å². The Hall–Kier alpha value is -0.910. The first-order valence-corrected chi connectivity index (χ1v) is 6.06. The molecule has 0 aromatic carbocycles. The van der Waals surface area contributed by atoms with Crippen molar-refractivity contribution in [2.24, 2.45) is 5.73 Å². The largest absolute Gasteiger partial charge is 0.382 e. The van der Waals surface area contributed by atoms with Gasteiger partial charge in [-0.3, -0.25) is 4.68 Å². The van der Waals surface area contributed by atoms with Gasteiger partial charge in [-0.05, 0) is 25.3 Å². The number of hydrogen-bond acceptors (Lipinski definition) is 4. The van der Waals surface area contributed by atoms with E-state index in [9.17, 15) is 0 Å². The summed E-state index contributed by atoms with van der Waals surface area (Å²) in [7, 11) is 1.67. The predicted molar refractivity (Wildman–Crippen MR) is 66.9 cm³/mol. The zero-order valence-corrected chi connectivity index (χ0v) is 10.8. The minimum Gasteiger partial charge on any atom is -0.382 e. The number of aromatic nitrogens is 2. The monoisotopic (exact) mass is 241 g/mol. The minimum absolute atomic E-state index is 0.185. The predicted octanol–water partition coefficient (Wildman–Crippen LogP) is 0.826. The van der Waals surface area contributed by atoms with Gasteiger partial charge in [-0.25, -0.2) is 0 Å². The topological polar surface area (TPSA) is 62.3 Å². The standard InChI is InChI=1S/C12H23N3O2/c1-11(13)8-12-9-14-15(10-12)4-3-5-17-7-6-16-2/h9-11H,3-8,13H2,1-2H3. The lowest BCUT2D eigenvalue weighted by Gasteiger charge is -2.04. The maximum Gasteiger partial charge on any atom is 0.0700 e. The van der Waals surface area contributed by atoms with E-state index in [4.69, 9.17) is 15.2 Å². The van der Waals surface area contributed by atoms with Gasteiger partial charge in [0.1, 0.15) is 0 Å². The van der Waals surface area contributed by atoms with Crippen molar-refractivity contribution in [3.63, 3.8) is 0 Å². The zero-order valence-electron chi connectivity index (χ0n) is 10.8. The molecule has 5 heteroatoms. The Morgan fingerprint density at radius 1 is 1.41 bits per heavy atom. The lowest BCUT2D eigenvalue weighted by atomic mass is 10.1. The first-order valence-electron chi connectivity index (χ1n) is 6.06. The number of hydrogen-bond donors (Lipinski definition) is 1. The number of aryl methyl sites for hydroxylation is 1. The van der Waals surface area contributed by atoms with Crippen LogP contribution < -0.4 is 5.73 Å². The van der Waals surface area contributed by atoms with Gasteiger partial charge in [-0.1, -0.05) is 0 Å². The molecular formula is C12H23N3O2. The van der Waals surface area contributed by atoms with Crippen LogP contribution in [0, 0.1) is 0 Å². The summed E-state index contributed by atoms with van der Waals surface area (Å²) in [5.41, 5.74) is 6.93. The Morgan fingerprint density at radius 3 is 2.94 bits per heavy atom. The van der Waals surface area contributed by atoms with Crippen LogP contribution >= 0.6 is 0 Å². The second kappa shape index (κ2) is 8.22. The van der Waals surface area contributed by atoms with Gasteiger partial charge in [0, 0.05) is 32.5 Å². The Balaban J connectivity index is 2.12. The first kappa shape index (κ1) is 14.2. The molecule has 1 heterocycles. The summed E-state index contributed by atoms with van der Waals surface area (Å²) in [6, 6.07) is 0.185. The molecule has 0 radical (unpaired) electrons. The van der Waals surface area contributed by atoms with Crippen LogP contribution in [0.5, 0.6) is 0 Å². The molecule has 0 fully saturated rings. The highest BCUT2D eigenvalue weighted by Gasteiger charge is 2.01. The van der Waals surface area contributed by atoms with E-state index in [1.807, 2.05) is 17.8 Å². The molecule has 1 aromatic rings.